The molecule has 2 unspecified atom stereocenters. The van der Waals surface area contributed by atoms with Gasteiger partial charge in [-0.2, -0.15) is 11.8 Å². The van der Waals surface area contributed by atoms with E-state index in [0.717, 1.165) is 14.9 Å². The molecule has 2 atom stereocenters. The van der Waals surface area contributed by atoms with E-state index in [2.05, 4.69) is 34.8 Å². The number of benzene rings is 1. The van der Waals surface area contributed by atoms with E-state index in [-0.39, 0.29) is 17.9 Å². The highest BCUT2D eigenvalue weighted by atomic mass is 127. The van der Waals surface area contributed by atoms with Crippen molar-refractivity contribution in [3.8, 4) is 0 Å². The molecule has 1 rings (SSSR count). The van der Waals surface area contributed by atoms with Crippen molar-refractivity contribution in [1.82, 2.24) is 0 Å². The van der Waals surface area contributed by atoms with Gasteiger partial charge in [0.1, 0.15) is 0 Å². The summed E-state index contributed by atoms with van der Waals surface area (Å²) in [5.74, 6) is 0. The normalized spacial score (nSPS) is 14.5. The summed E-state index contributed by atoms with van der Waals surface area (Å²) in [6.45, 7) is 2.22. The molecule has 0 aliphatic heterocycles. The van der Waals surface area contributed by atoms with Gasteiger partial charge in [0.2, 0.25) is 0 Å². The van der Waals surface area contributed by atoms with Crippen LogP contribution in [0.1, 0.15) is 6.92 Å². The molecule has 4 N–H and O–H groups in total. The van der Waals surface area contributed by atoms with Crippen LogP contribution >= 0.6 is 34.4 Å². The van der Waals surface area contributed by atoms with Gasteiger partial charge >= 0.3 is 0 Å². The van der Waals surface area contributed by atoms with Crippen LogP contribution in [0, 0.1) is 3.57 Å². The lowest BCUT2D eigenvalue weighted by Crippen LogP contribution is -2.31. The maximum absolute atomic E-state index is 9.19. The number of halogens is 1. The van der Waals surface area contributed by atoms with Crippen LogP contribution in [-0.4, -0.2) is 29.3 Å². The Morgan fingerprint density at radius 2 is 2.25 bits per heavy atom. The largest absolute Gasteiger partial charge is 0.397 e. The fourth-order valence-corrected chi connectivity index (χ4v) is 2.58. The molecule has 90 valence electrons. The first-order valence-corrected chi connectivity index (χ1v) is 7.40. The van der Waals surface area contributed by atoms with E-state index < -0.39 is 0 Å². The zero-order chi connectivity index (χ0) is 12.1. The fraction of sp³-hybridized carbons (Fsp3) is 0.455. The number of aliphatic hydroxyl groups excluding tert-OH is 1. The second-order valence-corrected chi connectivity index (χ2v) is 5.94. The minimum absolute atomic E-state index is 0.166. The summed E-state index contributed by atoms with van der Waals surface area (Å²) in [6, 6.07) is 6.10. The van der Waals surface area contributed by atoms with Gasteiger partial charge in [-0.3, -0.25) is 0 Å². The third-order valence-electron chi connectivity index (χ3n) is 2.44. The summed E-state index contributed by atoms with van der Waals surface area (Å²) in [5, 5.41) is 12.7. The Morgan fingerprint density at radius 3 is 2.75 bits per heavy atom. The van der Waals surface area contributed by atoms with Crippen LogP contribution in [0.15, 0.2) is 18.2 Å². The number of nitrogens with two attached hydrogens (primary N) is 1. The van der Waals surface area contributed by atoms with Gasteiger partial charge in [0.05, 0.1) is 18.0 Å². The molecule has 0 saturated heterocycles. The molecular weight excluding hydrogens is 335 g/mol. The number of hydrogen-bond donors (Lipinski definition) is 3. The number of aliphatic hydroxyl groups is 1. The van der Waals surface area contributed by atoms with Crippen LogP contribution in [0.5, 0.6) is 0 Å². The topological polar surface area (TPSA) is 58.3 Å². The Morgan fingerprint density at radius 1 is 1.56 bits per heavy atom. The fourth-order valence-electron chi connectivity index (χ4n) is 1.44. The molecule has 0 saturated carbocycles. The van der Waals surface area contributed by atoms with Crippen LogP contribution < -0.4 is 11.1 Å². The zero-order valence-corrected chi connectivity index (χ0v) is 12.4. The highest BCUT2D eigenvalue weighted by Gasteiger charge is 2.15. The van der Waals surface area contributed by atoms with Crippen LogP contribution in [0.3, 0.4) is 0 Å². The van der Waals surface area contributed by atoms with E-state index in [0.29, 0.717) is 0 Å². The maximum Gasteiger partial charge on any atom is 0.0577 e. The van der Waals surface area contributed by atoms with E-state index in [1.54, 1.807) is 11.8 Å². The predicted octanol–water partition coefficient (Wildman–Crippen LogP) is 2.40. The van der Waals surface area contributed by atoms with Crippen molar-refractivity contribution in [1.29, 1.82) is 0 Å². The summed E-state index contributed by atoms with van der Waals surface area (Å²) >= 11 is 3.88. The number of nitrogens with one attached hydrogen (secondary N) is 1. The van der Waals surface area contributed by atoms with Gasteiger partial charge in [0, 0.05) is 14.9 Å². The lowest BCUT2D eigenvalue weighted by atomic mass is 10.2. The van der Waals surface area contributed by atoms with E-state index in [1.807, 2.05) is 24.5 Å². The summed E-state index contributed by atoms with van der Waals surface area (Å²) in [7, 11) is 0. The molecule has 0 aliphatic rings. The van der Waals surface area contributed by atoms with Crippen molar-refractivity contribution in [2.45, 2.75) is 18.2 Å². The Bertz CT molecular complexity index is 345. The van der Waals surface area contributed by atoms with Gasteiger partial charge in [-0.25, -0.2) is 0 Å². The third-order valence-corrected chi connectivity index (χ3v) is 4.27. The number of hydrogen-bond acceptors (Lipinski definition) is 4. The van der Waals surface area contributed by atoms with Crippen molar-refractivity contribution in [2.24, 2.45) is 0 Å². The van der Waals surface area contributed by atoms with Gasteiger partial charge in [-0.1, -0.05) is 0 Å². The predicted molar refractivity (Wildman–Crippen MR) is 81.0 cm³/mol. The Labute approximate surface area is 114 Å². The van der Waals surface area contributed by atoms with Gasteiger partial charge in [-0.15, -0.1) is 0 Å². The van der Waals surface area contributed by atoms with Gasteiger partial charge < -0.3 is 16.2 Å². The highest BCUT2D eigenvalue weighted by molar-refractivity contribution is 14.1. The summed E-state index contributed by atoms with van der Waals surface area (Å²) in [5.41, 5.74) is 7.59. The standard InChI is InChI=1S/C11H17IN2OS/c1-7(11(6-15)16-2)14-10-4-3-8(12)5-9(10)13/h3-5,7,11,14-15H,6,13H2,1-2H3. The van der Waals surface area contributed by atoms with Crippen LogP contribution in [0.25, 0.3) is 0 Å². The molecule has 0 aliphatic carbocycles. The highest BCUT2D eigenvalue weighted by Crippen LogP contribution is 2.23. The number of anilines is 2. The van der Waals surface area contributed by atoms with Gasteiger partial charge in [0.25, 0.3) is 0 Å². The minimum atomic E-state index is 0.166. The van der Waals surface area contributed by atoms with E-state index >= 15 is 0 Å². The SMILES string of the molecule is CSC(CO)C(C)Nc1ccc(I)cc1N. The molecule has 0 fully saturated rings. The number of rotatable bonds is 5. The number of thioether (sulfide) groups is 1. The molecule has 0 spiro atoms. The Hall–Kier alpha value is -0.140. The Balaban J connectivity index is 2.72. The lowest BCUT2D eigenvalue weighted by molar-refractivity contribution is 0.288. The lowest BCUT2D eigenvalue weighted by Gasteiger charge is -2.23. The van der Waals surface area contributed by atoms with Crippen molar-refractivity contribution in [3.63, 3.8) is 0 Å². The third kappa shape index (κ3) is 3.71. The van der Waals surface area contributed by atoms with E-state index in [9.17, 15) is 5.11 Å². The van der Waals surface area contributed by atoms with Crippen molar-refractivity contribution in [3.05, 3.63) is 21.8 Å². The average Bonchev–Trinajstić information content (AvgIpc) is 2.24. The molecule has 3 nitrogen and oxygen atoms in total. The molecule has 0 bridgehead atoms. The molecule has 1 aromatic rings. The van der Waals surface area contributed by atoms with Gasteiger partial charge in [0.15, 0.2) is 0 Å². The van der Waals surface area contributed by atoms with Crippen molar-refractivity contribution in [2.75, 3.05) is 23.9 Å². The van der Waals surface area contributed by atoms with Crippen LogP contribution in [-0.2, 0) is 0 Å². The summed E-state index contributed by atoms with van der Waals surface area (Å²) in [6.07, 6.45) is 2.00. The monoisotopic (exact) mass is 352 g/mol. The summed E-state index contributed by atoms with van der Waals surface area (Å²) in [4.78, 5) is 0. The molecule has 5 heteroatoms. The maximum atomic E-state index is 9.19. The first kappa shape index (κ1) is 13.9. The molecule has 0 amide bonds. The quantitative estimate of drug-likeness (QED) is 0.563. The first-order valence-electron chi connectivity index (χ1n) is 5.03. The zero-order valence-electron chi connectivity index (χ0n) is 9.40. The van der Waals surface area contributed by atoms with Crippen molar-refractivity contribution >= 4 is 45.7 Å². The van der Waals surface area contributed by atoms with Gasteiger partial charge in [-0.05, 0) is 54.0 Å². The van der Waals surface area contributed by atoms with E-state index in [4.69, 9.17) is 5.73 Å². The molecular formula is C11H17IN2OS. The first-order chi connectivity index (χ1) is 7.58. The molecule has 0 radical (unpaired) electrons. The molecule has 0 heterocycles. The molecule has 1 aromatic carbocycles. The Kier molecular flexibility index (Phi) is 5.71. The van der Waals surface area contributed by atoms with E-state index in [1.165, 1.54) is 0 Å². The smallest absolute Gasteiger partial charge is 0.0577 e. The molecule has 16 heavy (non-hydrogen) atoms. The second kappa shape index (κ2) is 6.56. The minimum Gasteiger partial charge on any atom is -0.397 e. The average molecular weight is 352 g/mol. The second-order valence-electron chi connectivity index (χ2n) is 3.62. The summed E-state index contributed by atoms with van der Waals surface area (Å²) < 4.78 is 1.12. The number of nitrogen functional groups attached to an aromatic ring is 1. The van der Waals surface area contributed by atoms with Crippen LogP contribution in [0.4, 0.5) is 11.4 Å². The molecule has 0 aromatic heterocycles. The van der Waals surface area contributed by atoms with Crippen LogP contribution in [0.2, 0.25) is 0 Å². The van der Waals surface area contributed by atoms with Crippen molar-refractivity contribution < 1.29 is 5.11 Å².